The van der Waals surface area contributed by atoms with Crippen molar-refractivity contribution in [1.82, 2.24) is 0 Å². The van der Waals surface area contributed by atoms with Crippen LogP contribution in [0, 0.1) is 0 Å². The molecule has 0 saturated carbocycles. The molecule has 0 aliphatic carbocycles. The molecule has 7 heteroatoms. The largest absolute Gasteiger partial charge is 0.374 e. The Labute approximate surface area is 123 Å². The van der Waals surface area contributed by atoms with Gasteiger partial charge in [-0.25, -0.2) is 0 Å². The smallest absolute Gasteiger partial charge is 0.286 e. The summed E-state index contributed by atoms with van der Waals surface area (Å²) in [6.07, 6.45) is 0. The van der Waals surface area contributed by atoms with Crippen molar-refractivity contribution in [3.05, 3.63) is 23.8 Å². The van der Waals surface area contributed by atoms with Gasteiger partial charge >= 0.3 is 0 Å². The van der Waals surface area contributed by atoms with Crippen molar-refractivity contribution in [3.63, 3.8) is 0 Å². The molecule has 1 aromatic carbocycles. The van der Waals surface area contributed by atoms with Gasteiger partial charge in [-0.2, -0.15) is 8.42 Å². The number of amidine groups is 1. The number of fused-ring (bicyclic) bond motifs is 1. The van der Waals surface area contributed by atoms with Gasteiger partial charge < -0.3 is 10.1 Å². The summed E-state index contributed by atoms with van der Waals surface area (Å²) in [6, 6.07) is 5.42. The maximum Gasteiger partial charge on any atom is 0.286 e. The molecule has 1 aromatic rings. The summed E-state index contributed by atoms with van der Waals surface area (Å²) >= 11 is 1.21. The predicted octanol–water partition coefficient (Wildman–Crippen LogP) is 2.79. The second-order valence-electron chi connectivity index (χ2n) is 5.51. The van der Waals surface area contributed by atoms with Gasteiger partial charge in [-0.05, 0) is 23.1 Å². The van der Waals surface area contributed by atoms with E-state index in [1.807, 2.05) is 26.8 Å². The highest BCUT2D eigenvalue weighted by atomic mass is 32.2. The standard InChI is InChI=1S/C13H18N2O3S2/c1-13(2,3)9-5-6-10-11(7-9)20(16,17)15-12(14-10)19-8-18-4/h5-7H,8H2,1-4H3,(H,14,15). The average molecular weight is 314 g/mol. The van der Waals surface area contributed by atoms with Gasteiger partial charge in [-0.3, -0.25) is 0 Å². The molecule has 0 saturated heterocycles. The fourth-order valence-corrected chi connectivity index (χ4v) is 3.73. The number of ether oxygens (including phenoxy) is 1. The first kappa shape index (κ1) is 15.3. The maximum absolute atomic E-state index is 12.2. The lowest BCUT2D eigenvalue weighted by molar-refractivity contribution is 0.259. The van der Waals surface area contributed by atoms with Crippen molar-refractivity contribution >= 4 is 32.6 Å². The lowest BCUT2D eigenvalue weighted by Gasteiger charge is -2.23. The van der Waals surface area contributed by atoms with E-state index in [4.69, 9.17) is 4.74 Å². The van der Waals surface area contributed by atoms with E-state index in [9.17, 15) is 8.42 Å². The van der Waals surface area contributed by atoms with Crippen LogP contribution in [0.2, 0.25) is 0 Å². The minimum absolute atomic E-state index is 0.112. The van der Waals surface area contributed by atoms with E-state index in [1.165, 1.54) is 11.8 Å². The number of thioether (sulfide) groups is 1. The summed E-state index contributed by atoms with van der Waals surface area (Å²) in [5.74, 6) is 0.344. The Morgan fingerprint density at radius 3 is 2.65 bits per heavy atom. The molecule has 2 rings (SSSR count). The zero-order chi connectivity index (χ0) is 15.0. The Hall–Kier alpha value is -1.05. The Morgan fingerprint density at radius 2 is 2.05 bits per heavy atom. The van der Waals surface area contributed by atoms with Crippen LogP contribution in [0.3, 0.4) is 0 Å². The van der Waals surface area contributed by atoms with Crippen molar-refractivity contribution in [3.8, 4) is 0 Å². The molecule has 0 spiro atoms. The Bertz CT molecular complexity index is 646. The van der Waals surface area contributed by atoms with E-state index < -0.39 is 10.0 Å². The molecule has 0 atom stereocenters. The minimum Gasteiger partial charge on any atom is -0.374 e. The molecule has 1 aliphatic rings. The molecule has 0 fully saturated rings. The van der Waals surface area contributed by atoms with Crippen molar-refractivity contribution in [2.24, 2.45) is 4.40 Å². The van der Waals surface area contributed by atoms with E-state index in [1.54, 1.807) is 19.2 Å². The summed E-state index contributed by atoms with van der Waals surface area (Å²) in [5, 5.41) is 3.36. The van der Waals surface area contributed by atoms with Gasteiger partial charge in [0, 0.05) is 7.11 Å². The summed E-state index contributed by atoms with van der Waals surface area (Å²) < 4.78 is 33.2. The lowest BCUT2D eigenvalue weighted by Crippen LogP contribution is -2.21. The first-order valence-corrected chi connectivity index (χ1v) is 8.55. The molecular weight excluding hydrogens is 296 g/mol. The SMILES string of the molecule is COCSC1=NS(=O)(=O)c2cc(C(C)(C)C)ccc2N1. The molecule has 1 aliphatic heterocycles. The second kappa shape index (κ2) is 5.38. The molecule has 0 aromatic heterocycles. The monoisotopic (exact) mass is 314 g/mol. The van der Waals surface area contributed by atoms with Gasteiger partial charge in [0.2, 0.25) is 0 Å². The van der Waals surface area contributed by atoms with Crippen LogP contribution in [0.15, 0.2) is 27.5 Å². The van der Waals surface area contributed by atoms with Crippen molar-refractivity contribution in [2.45, 2.75) is 31.1 Å². The normalized spacial score (nSPS) is 17.1. The van der Waals surface area contributed by atoms with Crippen molar-refractivity contribution in [1.29, 1.82) is 0 Å². The van der Waals surface area contributed by atoms with E-state index in [0.29, 0.717) is 16.8 Å². The number of anilines is 1. The number of sulfonamides is 1. The molecule has 110 valence electrons. The molecule has 0 unspecified atom stereocenters. The zero-order valence-corrected chi connectivity index (χ0v) is 13.6. The molecule has 0 amide bonds. The summed E-state index contributed by atoms with van der Waals surface area (Å²) in [4.78, 5) is 0.228. The van der Waals surface area contributed by atoms with Crippen LogP contribution in [0.5, 0.6) is 0 Å². The van der Waals surface area contributed by atoms with E-state index >= 15 is 0 Å². The Kier molecular flexibility index (Phi) is 4.13. The Balaban J connectivity index is 2.43. The number of hydrogen-bond donors (Lipinski definition) is 1. The average Bonchev–Trinajstić information content (AvgIpc) is 2.34. The van der Waals surface area contributed by atoms with Crippen LogP contribution in [0.25, 0.3) is 0 Å². The van der Waals surface area contributed by atoms with E-state index in [-0.39, 0.29) is 10.3 Å². The number of nitrogens with zero attached hydrogens (tertiary/aromatic N) is 1. The van der Waals surface area contributed by atoms with Crippen LogP contribution in [0.4, 0.5) is 5.69 Å². The first-order valence-electron chi connectivity index (χ1n) is 6.12. The van der Waals surface area contributed by atoms with Gasteiger partial charge in [0.05, 0.1) is 11.6 Å². The van der Waals surface area contributed by atoms with E-state index in [0.717, 1.165) is 5.56 Å². The number of rotatable bonds is 2. The molecule has 0 bridgehead atoms. The van der Waals surface area contributed by atoms with E-state index in [2.05, 4.69) is 9.71 Å². The number of benzene rings is 1. The van der Waals surface area contributed by atoms with Crippen LogP contribution >= 0.6 is 11.8 Å². The molecule has 20 heavy (non-hydrogen) atoms. The summed E-state index contributed by atoms with van der Waals surface area (Å²) in [6.45, 7) is 6.13. The summed E-state index contributed by atoms with van der Waals surface area (Å²) in [5.41, 5.74) is 1.41. The van der Waals surface area contributed by atoms with Crippen molar-refractivity contribution < 1.29 is 13.2 Å². The molecule has 5 nitrogen and oxygen atoms in total. The lowest BCUT2D eigenvalue weighted by atomic mass is 9.87. The van der Waals surface area contributed by atoms with Crippen LogP contribution < -0.4 is 5.32 Å². The quantitative estimate of drug-likeness (QED) is 0.850. The molecule has 1 N–H and O–H groups in total. The topological polar surface area (TPSA) is 67.8 Å². The highest BCUT2D eigenvalue weighted by Crippen LogP contribution is 2.33. The van der Waals surface area contributed by atoms with Gasteiger partial charge in [-0.1, -0.05) is 38.6 Å². The third-order valence-electron chi connectivity index (χ3n) is 2.88. The molecule has 1 heterocycles. The highest BCUT2D eigenvalue weighted by molar-refractivity contribution is 8.14. The number of methoxy groups -OCH3 is 1. The van der Waals surface area contributed by atoms with Gasteiger partial charge in [0.1, 0.15) is 4.90 Å². The zero-order valence-electron chi connectivity index (χ0n) is 11.9. The number of hydrogen-bond acceptors (Lipinski definition) is 5. The second-order valence-corrected chi connectivity index (χ2v) is 7.99. The third-order valence-corrected chi connectivity index (χ3v) is 5.14. The first-order chi connectivity index (χ1) is 9.24. The van der Waals surface area contributed by atoms with Crippen LogP contribution in [-0.2, 0) is 20.2 Å². The van der Waals surface area contributed by atoms with Crippen LogP contribution in [0.1, 0.15) is 26.3 Å². The van der Waals surface area contributed by atoms with Gasteiger partial charge in [0.25, 0.3) is 10.0 Å². The number of nitrogens with one attached hydrogen (secondary N) is 1. The Morgan fingerprint density at radius 1 is 1.35 bits per heavy atom. The molecular formula is C13H18N2O3S2. The summed E-state index contributed by atoms with van der Waals surface area (Å²) in [7, 11) is -2.11. The third kappa shape index (κ3) is 3.16. The maximum atomic E-state index is 12.2. The fourth-order valence-electron chi connectivity index (χ4n) is 1.78. The fraction of sp³-hybridized carbons (Fsp3) is 0.462. The van der Waals surface area contributed by atoms with Gasteiger partial charge in [0.15, 0.2) is 5.17 Å². The minimum atomic E-state index is -3.66. The molecule has 0 radical (unpaired) electrons. The highest BCUT2D eigenvalue weighted by Gasteiger charge is 2.27. The predicted molar refractivity (Wildman–Crippen MR) is 82.9 cm³/mol. The van der Waals surface area contributed by atoms with Crippen molar-refractivity contribution in [2.75, 3.05) is 18.4 Å². The van der Waals surface area contributed by atoms with Crippen LogP contribution in [-0.4, -0.2) is 26.6 Å². The van der Waals surface area contributed by atoms with Gasteiger partial charge in [-0.15, -0.1) is 4.40 Å².